The van der Waals surface area contributed by atoms with Gasteiger partial charge in [-0.3, -0.25) is 4.79 Å². The van der Waals surface area contributed by atoms with Gasteiger partial charge in [0.05, 0.1) is 5.69 Å². The molecule has 1 heterocycles. The molecule has 5 heteroatoms. The SMILES string of the molecule is NCCCCN1C(=O)COc2ccc(N)cc21. The molecule has 0 bridgehead atoms. The number of ether oxygens (including phenoxy) is 1. The van der Waals surface area contributed by atoms with Gasteiger partial charge in [-0.05, 0) is 37.6 Å². The van der Waals surface area contributed by atoms with Crippen LogP contribution in [0.3, 0.4) is 0 Å². The Morgan fingerprint density at radius 2 is 2.18 bits per heavy atom. The molecular weight excluding hydrogens is 218 g/mol. The molecule has 17 heavy (non-hydrogen) atoms. The lowest BCUT2D eigenvalue weighted by Crippen LogP contribution is -2.39. The Morgan fingerprint density at radius 1 is 1.35 bits per heavy atom. The van der Waals surface area contributed by atoms with E-state index in [-0.39, 0.29) is 12.5 Å². The average Bonchev–Trinajstić information content (AvgIpc) is 2.32. The van der Waals surface area contributed by atoms with Gasteiger partial charge in [-0.25, -0.2) is 0 Å². The summed E-state index contributed by atoms with van der Waals surface area (Å²) < 4.78 is 5.36. The molecule has 0 fully saturated rings. The van der Waals surface area contributed by atoms with Crippen molar-refractivity contribution in [3.63, 3.8) is 0 Å². The fourth-order valence-electron chi connectivity index (χ4n) is 1.88. The van der Waals surface area contributed by atoms with Crippen molar-refractivity contribution >= 4 is 17.3 Å². The highest BCUT2D eigenvalue weighted by atomic mass is 16.5. The molecule has 1 aliphatic heterocycles. The molecule has 0 atom stereocenters. The number of rotatable bonds is 4. The summed E-state index contributed by atoms with van der Waals surface area (Å²) in [6, 6.07) is 5.34. The van der Waals surface area contributed by atoms with Crippen molar-refractivity contribution in [2.75, 3.05) is 30.3 Å². The van der Waals surface area contributed by atoms with E-state index in [0.717, 1.165) is 18.5 Å². The summed E-state index contributed by atoms with van der Waals surface area (Å²) >= 11 is 0. The van der Waals surface area contributed by atoms with Crippen LogP contribution in [0.2, 0.25) is 0 Å². The van der Waals surface area contributed by atoms with E-state index in [1.165, 1.54) is 0 Å². The normalized spacial score (nSPS) is 14.4. The second-order valence-corrected chi connectivity index (χ2v) is 4.06. The number of unbranched alkanes of at least 4 members (excludes halogenated alkanes) is 1. The molecule has 5 nitrogen and oxygen atoms in total. The second kappa shape index (κ2) is 5.05. The number of anilines is 2. The minimum absolute atomic E-state index is 0.0277. The number of nitrogens with zero attached hydrogens (tertiary/aromatic N) is 1. The van der Waals surface area contributed by atoms with Crippen molar-refractivity contribution in [3.8, 4) is 5.75 Å². The van der Waals surface area contributed by atoms with E-state index in [1.54, 1.807) is 23.1 Å². The number of carbonyl (C=O) groups excluding carboxylic acids is 1. The van der Waals surface area contributed by atoms with Crippen molar-refractivity contribution in [1.82, 2.24) is 0 Å². The lowest BCUT2D eigenvalue weighted by Gasteiger charge is -2.29. The van der Waals surface area contributed by atoms with E-state index < -0.39 is 0 Å². The van der Waals surface area contributed by atoms with Crippen LogP contribution in [0, 0.1) is 0 Å². The third-order valence-corrected chi connectivity index (χ3v) is 2.76. The van der Waals surface area contributed by atoms with Gasteiger partial charge in [0.1, 0.15) is 5.75 Å². The molecule has 2 rings (SSSR count). The van der Waals surface area contributed by atoms with Crippen molar-refractivity contribution in [2.45, 2.75) is 12.8 Å². The first-order chi connectivity index (χ1) is 8.22. The minimum atomic E-state index is -0.0277. The van der Waals surface area contributed by atoms with Crippen LogP contribution < -0.4 is 21.1 Å². The Kier molecular flexibility index (Phi) is 3.49. The predicted octanol–water partition coefficient (Wildman–Crippen LogP) is 0.733. The smallest absolute Gasteiger partial charge is 0.265 e. The molecule has 92 valence electrons. The zero-order valence-corrected chi connectivity index (χ0v) is 9.69. The number of benzene rings is 1. The number of hydrogen-bond donors (Lipinski definition) is 2. The maximum Gasteiger partial charge on any atom is 0.265 e. The molecule has 0 aliphatic carbocycles. The average molecular weight is 235 g/mol. The molecule has 0 spiro atoms. The number of hydrogen-bond acceptors (Lipinski definition) is 4. The van der Waals surface area contributed by atoms with Gasteiger partial charge in [0, 0.05) is 12.2 Å². The van der Waals surface area contributed by atoms with E-state index >= 15 is 0 Å². The summed E-state index contributed by atoms with van der Waals surface area (Å²) in [6.07, 6.45) is 1.79. The molecule has 0 radical (unpaired) electrons. The van der Waals surface area contributed by atoms with Gasteiger partial charge in [-0.1, -0.05) is 0 Å². The van der Waals surface area contributed by atoms with Crippen molar-refractivity contribution in [3.05, 3.63) is 18.2 Å². The van der Waals surface area contributed by atoms with Crippen LogP contribution in [0.4, 0.5) is 11.4 Å². The second-order valence-electron chi connectivity index (χ2n) is 4.06. The summed E-state index contributed by atoms with van der Waals surface area (Å²) in [5, 5.41) is 0. The van der Waals surface area contributed by atoms with Crippen LogP contribution in [0.5, 0.6) is 5.75 Å². The summed E-state index contributed by atoms with van der Waals surface area (Å²) in [7, 11) is 0. The maximum absolute atomic E-state index is 11.8. The van der Waals surface area contributed by atoms with Gasteiger partial charge >= 0.3 is 0 Å². The van der Waals surface area contributed by atoms with Gasteiger partial charge in [0.2, 0.25) is 0 Å². The number of nitrogen functional groups attached to an aromatic ring is 1. The molecule has 1 aliphatic rings. The highest BCUT2D eigenvalue weighted by Crippen LogP contribution is 2.33. The van der Waals surface area contributed by atoms with Crippen molar-refractivity contribution in [2.24, 2.45) is 5.73 Å². The molecule has 4 N–H and O–H groups in total. The largest absolute Gasteiger partial charge is 0.482 e. The van der Waals surface area contributed by atoms with E-state index in [0.29, 0.717) is 24.5 Å². The maximum atomic E-state index is 11.8. The fraction of sp³-hybridized carbons (Fsp3) is 0.417. The molecule has 1 amide bonds. The number of nitrogens with two attached hydrogens (primary N) is 2. The molecule has 1 aromatic rings. The summed E-state index contributed by atoms with van der Waals surface area (Å²) in [4.78, 5) is 13.5. The van der Waals surface area contributed by atoms with E-state index in [9.17, 15) is 4.79 Å². The third kappa shape index (κ3) is 2.50. The third-order valence-electron chi connectivity index (χ3n) is 2.76. The van der Waals surface area contributed by atoms with Gasteiger partial charge in [-0.2, -0.15) is 0 Å². The minimum Gasteiger partial charge on any atom is -0.482 e. The van der Waals surface area contributed by atoms with Gasteiger partial charge in [0.15, 0.2) is 6.61 Å². The summed E-state index contributed by atoms with van der Waals surface area (Å²) in [5.74, 6) is 0.687. The first kappa shape index (κ1) is 11.7. The monoisotopic (exact) mass is 235 g/mol. The Morgan fingerprint density at radius 3 is 2.94 bits per heavy atom. The van der Waals surface area contributed by atoms with Gasteiger partial charge in [0.25, 0.3) is 5.91 Å². The molecule has 0 unspecified atom stereocenters. The number of fused-ring (bicyclic) bond motifs is 1. The van der Waals surface area contributed by atoms with Crippen LogP contribution in [0.25, 0.3) is 0 Å². The van der Waals surface area contributed by atoms with Gasteiger partial charge in [-0.15, -0.1) is 0 Å². The van der Waals surface area contributed by atoms with Gasteiger partial charge < -0.3 is 21.1 Å². The topological polar surface area (TPSA) is 81.6 Å². The molecule has 0 saturated heterocycles. The van der Waals surface area contributed by atoms with Crippen LogP contribution in [-0.4, -0.2) is 25.6 Å². The Bertz CT molecular complexity index is 420. The highest BCUT2D eigenvalue weighted by Gasteiger charge is 2.24. The van der Waals surface area contributed by atoms with E-state index in [2.05, 4.69) is 0 Å². The van der Waals surface area contributed by atoms with Crippen molar-refractivity contribution in [1.29, 1.82) is 0 Å². The van der Waals surface area contributed by atoms with E-state index in [1.807, 2.05) is 0 Å². The lowest BCUT2D eigenvalue weighted by molar-refractivity contribution is -0.121. The number of carbonyl (C=O) groups is 1. The van der Waals surface area contributed by atoms with Crippen LogP contribution in [0.1, 0.15) is 12.8 Å². The molecule has 1 aromatic carbocycles. The fourth-order valence-corrected chi connectivity index (χ4v) is 1.88. The Labute approximate surface area is 100 Å². The standard InChI is InChI=1S/C12H17N3O2/c13-5-1-2-6-15-10-7-9(14)3-4-11(10)17-8-12(15)16/h3-4,7H,1-2,5-6,8,13-14H2. The predicted molar refractivity (Wildman–Crippen MR) is 67.0 cm³/mol. The first-order valence-electron chi connectivity index (χ1n) is 5.75. The van der Waals surface area contributed by atoms with E-state index in [4.69, 9.17) is 16.2 Å². The Balaban J connectivity index is 2.20. The Hall–Kier alpha value is -1.75. The number of amides is 1. The van der Waals surface area contributed by atoms with Crippen LogP contribution in [0.15, 0.2) is 18.2 Å². The highest BCUT2D eigenvalue weighted by molar-refractivity contribution is 5.98. The summed E-state index contributed by atoms with van der Waals surface area (Å²) in [5.41, 5.74) is 12.6. The molecular formula is C12H17N3O2. The van der Waals surface area contributed by atoms with Crippen LogP contribution in [-0.2, 0) is 4.79 Å². The zero-order chi connectivity index (χ0) is 12.3. The van der Waals surface area contributed by atoms with Crippen LogP contribution >= 0.6 is 0 Å². The van der Waals surface area contributed by atoms with Crippen molar-refractivity contribution < 1.29 is 9.53 Å². The zero-order valence-electron chi connectivity index (χ0n) is 9.69. The molecule has 0 saturated carbocycles. The first-order valence-corrected chi connectivity index (χ1v) is 5.75. The summed E-state index contributed by atoms with van der Waals surface area (Å²) in [6.45, 7) is 1.40. The molecule has 0 aromatic heterocycles. The lowest BCUT2D eigenvalue weighted by atomic mass is 10.2. The quantitative estimate of drug-likeness (QED) is 0.595.